The monoisotopic (exact) mass is 600 g/mol. The highest BCUT2D eigenvalue weighted by Gasteiger charge is 2.43. The summed E-state index contributed by atoms with van der Waals surface area (Å²) in [7, 11) is 0. The molecule has 3 fully saturated rings. The lowest BCUT2D eigenvalue weighted by Gasteiger charge is -2.32. The fraction of sp³-hybridized carbons (Fsp3) is 0.750. The molecule has 3 unspecified atom stereocenters. The largest absolute Gasteiger partial charge is 0.463 e. The Morgan fingerprint density at radius 3 is 2.42 bits per heavy atom. The molecular formula is C36H56O7. The highest BCUT2D eigenvalue weighted by atomic mass is 16.7. The minimum atomic E-state index is -0.408. The van der Waals surface area contributed by atoms with Gasteiger partial charge < -0.3 is 28.8 Å². The molecule has 7 atom stereocenters. The zero-order chi connectivity index (χ0) is 30.3. The van der Waals surface area contributed by atoms with Crippen molar-refractivity contribution in [1.29, 1.82) is 0 Å². The Hall–Kier alpha value is -1.77. The molecule has 43 heavy (non-hydrogen) atoms. The van der Waals surface area contributed by atoms with Crippen LogP contribution in [0.1, 0.15) is 109 Å². The van der Waals surface area contributed by atoms with Crippen molar-refractivity contribution in [2.24, 2.45) is 11.8 Å². The molecule has 3 aliphatic rings. The molecule has 7 nitrogen and oxygen atoms in total. The number of ether oxygens (including phenoxy) is 5. The minimum Gasteiger partial charge on any atom is -0.463 e. The lowest BCUT2D eigenvalue weighted by molar-refractivity contribution is -0.200. The van der Waals surface area contributed by atoms with Gasteiger partial charge in [-0.15, -0.1) is 0 Å². The van der Waals surface area contributed by atoms with Crippen LogP contribution in [0, 0.1) is 11.8 Å². The van der Waals surface area contributed by atoms with Crippen molar-refractivity contribution in [3.63, 3.8) is 0 Å². The van der Waals surface area contributed by atoms with E-state index in [4.69, 9.17) is 23.7 Å². The first-order chi connectivity index (χ1) is 21.0. The number of hydrogen-bond donors (Lipinski definition) is 1. The first-order valence-corrected chi connectivity index (χ1v) is 17.1. The van der Waals surface area contributed by atoms with Crippen molar-refractivity contribution in [3.05, 3.63) is 48.0 Å². The van der Waals surface area contributed by atoms with E-state index < -0.39 is 6.10 Å². The van der Waals surface area contributed by atoms with Gasteiger partial charge >= 0.3 is 5.97 Å². The molecule has 1 aromatic carbocycles. The second-order valence-corrected chi connectivity index (χ2v) is 12.9. The van der Waals surface area contributed by atoms with Crippen molar-refractivity contribution in [3.8, 4) is 0 Å². The van der Waals surface area contributed by atoms with Crippen LogP contribution in [-0.2, 0) is 34.9 Å². The third-order valence-electron chi connectivity index (χ3n) is 9.06. The molecular weight excluding hydrogens is 544 g/mol. The van der Waals surface area contributed by atoms with Gasteiger partial charge in [-0.3, -0.25) is 4.79 Å². The van der Waals surface area contributed by atoms with Gasteiger partial charge in [0, 0.05) is 26.1 Å². The van der Waals surface area contributed by atoms with E-state index in [0.29, 0.717) is 12.8 Å². The molecule has 7 heteroatoms. The Kier molecular flexibility index (Phi) is 15.0. The number of rotatable bonds is 17. The van der Waals surface area contributed by atoms with E-state index in [1.807, 2.05) is 13.8 Å². The molecule has 1 saturated carbocycles. The van der Waals surface area contributed by atoms with Crippen molar-refractivity contribution in [1.82, 2.24) is 0 Å². The number of aliphatic hydroxyl groups excluding tert-OH is 1. The summed E-state index contributed by atoms with van der Waals surface area (Å²) in [5, 5.41) is 11.2. The number of unbranched alkanes of at least 4 members (excludes halogenated alkanes) is 1. The molecule has 0 amide bonds. The average Bonchev–Trinajstić information content (AvgIpc) is 3.30. The maximum absolute atomic E-state index is 11.8. The van der Waals surface area contributed by atoms with E-state index >= 15 is 0 Å². The normalized spacial score (nSPS) is 28.8. The number of carbonyl (C=O) groups is 1. The van der Waals surface area contributed by atoms with Crippen LogP contribution >= 0.6 is 0 Å². The number of esters is 1. The van der Waals surface area contributed by atoms with Crippen molar-refractivity contribution in [2.45, 2.75) is 147 Å². The number of benzene rings is 1. The predicted octanol–water partition coefficient (Wildman–Crippen LogP) is 7.29. The Bertz CT molecular complexity index is 923. The van der Waals surface area contributed by atoms with E-state index in [1.54, 1.807) is 0 Å². The molecule has 1 aromatic rings. The Morgan fingerprint density at radius 1 is 0.977 bits per heavy atom. The SMILES string of the molecule is CC(C)OC(=O)CCC/C=C\C[C@H]1[C@@H](O)CC(OC2CCCCO2)[C@@H]1CC[C@H](CCc1ccccc1)OC1CCCCO1. The summed E-state index contributed by atoms with van der Waals surface area (Å²) >= 11 is 0. The van der Waals surface area contributed by atoms with E-state index in [0.717, 1.165) is 96.7 Å². The van der Waals surface area contributed by atoms with Crippen LogP contribution in [0.15, 0.2) is 42.5 Å². The van der Waals surface area contributed by atoms with Crippen molar-refractivity contribution >= 4 is 5.97 Å². The standard InChI is InChI=1S/C36H56O7/c1-27(2)41-34(38)17-9-4-3-8-16-30-31(33(26-32(30)37)43-36-19-11-13-25-40-36)23-22-29(42-35-18-10-12-24-39-35)21-20-28-14-6-5-7-15-28/h3,5-8,14-15,27,29-33,35-37H,4,9-13,16-26H2,1-2H3/b8-3-/t29-,30+,31+,32-,33?,35?,36?/m0/s1. The molecule has 2 heterocycles. The van der Waals surface area contributed by atoms with Gasteiger partial charge in [0.15, 0.2) is 12.6 Å². The number of carbonyl (C=O) groups excluding carboxylic acids is 1. The number of allylic oxidation sites excluding steroid dienone is 2. The second-order valence-electron chi connectivity index (χ2n) is 12.9. The van der Waals surface area contributed by atoms with Gasteiger partial charge in [0.1, 0.15) is 0 Å². The molecule has 242 valence electrons. The Labute approximate surface area is 259 Å². The van der Waals surface area contributed by atoms with Crippen LogP contribution in [0.3, 0.4) is 0 Å². The molecule has 0 spiro atoms. The van der Waals surface area contributed by atoms with Crippen LogP contribution in [0.4, 0.5) is 0 Å². The van der Waals surface area contributed by atoms with E-state index in [-0.39, 0.29) is 48.7 Å². The van der Waals surface area contributed by atoms with E-state index in [2.05, 4.69) is 42.5 Å². The molecule has 4 rings (SSSR count). The number of hydrogen-bond acceptors (Lipinski definition) is 7. The summed E-state index contributed by atoms with van der Waals surface area (Å²) < 4.78 is 30.3. The Morgan fingerprint density at radius 2 is 1.72 bits per heavy atom. The van der Waals surface area contributed by atoms with E-state index in [9.17, 15) is 9.90 Å². The fourth-order valence-corrected chi connectivity index (χ4v) is 6.77. The van der Waals surface area contributed by atoms with E-state index in [1.165, 1.54) is 5.56 Å². The molecule has 1 aliphatic carbocycles. The van der Waals surface area contributed by atoms with Gasteiger partial charge in [-0.2, -0.15) is 0 Å². The second kappa shape index (κ2) is 18.9. The lowest BCUT2D eigenvalue weighted by atomic mass is 9.85. The summed E-state index contributed by atoms with van der Waals surface area (Å²) in [6.45, 7) is 5.27. The molecule has 2 saturated heterocycles. The van der Waals surface area contributed by atoms with Crippen LogP contribution in [-0.4, -0.2) is 61.3 Å². The maximum Gasteiger partial charge on any atom is 0.306 e. The van der Waals surface area contributed by atoms with Crippen LogP contribution in [0.5, 0.6) is 0 Å². The molecule has 2 aliphatic heterocycles. The van der Waals surface area contributed by atoms with Crippen LogP contribution in [0.25, 0.3) is 0 Å². The van der Waals surface area contributed by atoms with Crippen LogP contribution < -0.4 is 0 Å². The summed E-state index contributed by atoms with van der Waals surface area (Å²) in [6, 6.07) is 10.6. The molecule has 0 bridgehead atoms. The van der Waals surface area contributed by atoms with Crippen molar-refractivity contribution < 1.29 is 33.6 Å². The topological polar surface area (TPSA) is 83.5 Å². The third-order valence-corrected chi connectivity index (χ3v) is 9.06. The first-order valence-electron chi connectivity index (χ1n) is 17.1. The fourth-order valence-electron chi connectivity index (χ4n) is 6.77. The minimum absolute atomic E-state index is 0.0250. The van der Waals surface area contributed by atoms with Gasteiger partial charge in [0.05, 0.1) is 24.4 Å². The third kappa shape index (κ3) is 12.3. The smallest absolute Gasteiger partial charge is 0.306 e. The highest BCUT2D eigenvalue weighted by molar-refractivity contribution is 5.69. The first kappa shape index (κ1) is 34.1. The van der Waals surface area contributed by atoms with Crippen molar-refractivity contribution in [2.75, 3.05) is 13.2 Å². The van der Waals surface area contributed by atoms with Gasteiger partial charge in [-0.1, -0.05) is 42.5 Å². The average molecular weight is 601 g/mol. The maximum atomic E-state index is 11.8. The molecule has 0 aromatic heterocycles. The summed E-state index contributed by atoms with van der Waals surface area (Å²) in [5.74, 6) is 0.208. The summed E-state index contributed by atoms with van der Waals surface area (Å²) in [4.78, 5) is 11.8. The zero-order valence-electron chi connectivity index (χ0n) is 26.6. The van der Waals surface area contributed by atoms with Gasteiger partial charge in [0.2, 0.25) is 0 Å². The lowest BCUT2D eigenvalue weighted by Crippen LogP contribution is -2.33. The van der Waals surface area contributed by atoms with Crippen LogP contribution in [0.2, 0.25) is 0 Å². The van der Waals surface area contributed by atoms with Gasteiger partial charge in [-0.05, 0) is 115 Å². The molecule has 1 N–H and O–H groups in total. The number of aryl methyl sites for hydroxylation is 1. The highest BCUT2D eigenvalue weighted by Crippen LogP contribution is 2.41. The van der Waals surface area contributed by atoms with Gasteiger partial charge in [0.25, 0.3) is 0 Å². The zero-order valence-corrected chi connectivity index (χ0v) is 26.6. The summed E-state index contributed by atoms with van der Waals surface area (Å²) in [6.07, 6.45) is 17.2. The Balaban J connectivity index is 1.36. The predicted molar refractivity (Wildman–Crippen MR) is 167 cm³/mol. The summed E-state index contributed by atoms with van der Waals surface area (Å²) in [5.41, 5.74) is 1.33. The quantitative estimate of drug-likeness (QED) is 0.114. The van der Waals surface area contributed by atoms with Gasteiger partial charge in [-0.25, -0.2) is 0 Å². The molecule has 0 radical (unpaired) electrons. The number of aliphatic hydroxyl groups is 1.